The highest BCUT2D eigenvalue weighted by Crippen LogP contribution is 2.48. The molecule has 3 aromatic rings. The molecule has 10 heteroatoms. The first kappa shape index (κ1) is 23.8. The van der Waals surface area contributed by atoms with Gasteiger partial charge in [0.15, 0.2) is 12.0 Å². The van der Waals surface area contributed by atoms with E-state index in [0.717, 1.165) is 17.3 Å². The molecule has 1 aliphatic carbocycles. The maximum absolute atomic E-state index is 14.3. The molecule has 2 fully saturated rings. The fourth-order valence-corrected chi connectivity index (χ4v) is 5.16. The highest BCUT2D eigenvalue weighted by Gasteiger charge is 2.55. The molecule has 1 saturated heterocycles. The summed E-state index contributed by atoms with van der Waals surface area (Å²) in [7, 11) is 0. The largest absolute Gasteiger partial charge is 0.425 e. The summed E-state index contributed by atoms with van der Waals surface area (Å²) in [6.07, 6.45) is 1.52. The zero-order valence-electron chi connectivity index (χ0n) is 19.3. The van der Waals surface area contributed by atoms with Gasteiger partial charge in [0.25, 0.3) is 0 Å². The fourth-order valence-electron chi connectivity index (χ4n) is 4.92. The maximum atomic E-state index is 14.3. The van der Waals surface area contributed by atoms with Crippen LogP contribution in [0.4, 0.5) is 9.18 Å². The molecule has 2 aromatic carbocycles. The Kier molecular flexibility index (Phi) is 6.14. The van der Waals surface area contributed by atoms with Crippen molar-refractivity contribution in [3.05, 3.63) is 70.1 Å². The number of carbonyl (C=O) groups is 3. The van der Waals surface area contributed by atoms with Gasteiger partial charge in [-0.2, -0.15) is 5.26 Å². The van der Waals surface area contributed by atoms with Crippen LogP contribution in [0, 0.1) is 23.1 Å². The average molecular weight is 509 g/mol. The number of likely N-dealkylation sites (tertiary alicyclic amines) is 1. The number of halogens is 2. The van der Waals surface area contributed by atoms with Gasteiger partial charge in [-0.25, -0.2) is 9.18 Å². The standard InChI is InChI=1S/C26H22ClFN4O4/c1-14(33)19-12-31(21-5-3-2-4-18(19)21)13-23(34)32-22-8-16(22)9-24(32)36-26(35)30-11-17-6-15(10-29)7-20(27)25(17)28/h2-7,12,16,22,24H,8-9,11,13H2,1H3,(H,30,35)/t16-,22-,24+/m1/s1. The number of para-hydroxylation sites is 1. The van der Waals surface area contributed by atoms with Crippen LogP contribution in [0.15, 0.2) is 42.6 Å². The first-order valence-corrected chi connectivity index (χ1v) is 11.9. The van der Waals surface area contributed by atoms with Gasteiger partial charge in [-0.15, -0.1) is 0 Å². The Balaban J connectivity index is 1.27. The molecule has 2 heterocycles. The SMILES string of the molecule is CC(=O)c1cn(CC(=O)N2[C@@H](OC(=O)NCc3cc(C#N)cc(Cl)c3F)C[C@H]3C[C@H]32)c2ccccc12. The number of fused-ring (bicyclic) bond motifs is 2. The molecule has 0 bridgehead atoms. The lowest BCUT2D eigenvalue weighted by Crippen LogP contribution is -2.44. The molecule has 8 nitrogen and oxygen atoms in total. The predicted molar refractivity (Wildman–Crippen MR) is 129 cm³/mol. The summed E-state index contributed by atoms with van der Waals surface area (Å²) < 4.78 is 21.5. The zero-order chi connectivity index (χ0) is 25.6. The molecule has 3 atom stereocenters. The number of nitrogens with one attached hydrogen (secondary N) is 1. The lowest BCUT2D eigenvalue weighted by atomic mass is 10.1. The topological polar surface area (TPSA) is 104 Å². The number of benzene rings is 2. The molecule has 2 amide bonds. The van der Waals surface area contributed by atoms with Crippen LogP contribution in [-0.2, 0) is 22.6 Å². The minimum Gasteiger partial charge on any atom is -0.425 e. The normalized spacial score (nSPS) is 20.1. The summed E-state index contributed by atoms with van der Waals surface area (Å²) in [5.41, 5.74) is 1.55. The minimum atomic E-state index is -0.803. The number of alkyl carbamates (subject to hydrolysis) is 1. The molecule has 36 heavy (non-hydrogen) atoms. The van der Waals surface area contributed by atoms with Gasteiger partial charge < -0.3 is 19.5 Å². The Morgan fingerprint density at radius 1 is 1.25 bits per heavy atom. The second-order valence-electron chi connectivity index (χ2n) is 9.10. The zero-order valence-corrected chi connectivity index (χ0v) is 20.1. The van der Waals surface area contributed by atoms with E-state index in [1.807, 2.05) is 30.3 Å². The number of amides is 2. The van der Waals surface area contributed by atoms with Crippen LogP contribution in [0.25, 0.3) is 10.9 Å². The van der Waals surface area contributed by atoms with Crippen molar-refractivity contribution in [2.24, 2.45) is 5.92 Å². The first-order chi connectivity index (χ1) is 17.3. The van der Waals surface area contributed by atoms with Crippen LogP contribution in [0.2, 0.25) is 5.02 Å². The summed E-state index contributed by atoms with van der Waals surface area (Å²) >= 11 is 5.81. The number of hydrogen-bond acceptors (Lipinski definition) is 5. The van der Waals surface area contributed by atoms with Gasteiger partial charge in [-0.05, 0) is 37.5 Å². The number of piperidine rings is 1. The Labute approximate surface area is 211 Å². The van der Waals surface area contributed by atoms with Crippen LogP contribution in [0.3, 0.4) is 0 Å². The Hall–Kier alpha value is -3.90. The van der Waals surface area contributed by atoms with Crippen molar-refractivity contribution in [1.29, 1.82) is 5.26 Å². The molecule has 5 rings (SSSR count). The monoisotopic (exact) mass is 508 g/mol. The van der Waals surface area contributed by atoms with Crippen molar-refractivity contribution < 1.29 is 23.5 Å². The van der Waals surface area contributed by atoms with Gasteiger partial charge in [-0.1, -0.05) is 29.8 Å². The number of aromatic nitrogens is 1. The third-order valence-corrected chi connectivity index (χ3v) is 6.99. The van der Waals surface area contributed by atoms with Crippen LogP contribution in [0.5, 0.6) is 0 Å². The van der Waals surface area contributed by atoms with Gasteiger partial charge in [0, 0.05) is 47.2 Å². The van der Waals surface area contributed by atoms with E-state index < -0.39 is 18.1 Å². The summed E-state index contributed by atoms with van der Waals surface area (Å²) in [5, 5.41) is 12.1. The molecule has 0 unspecified atom stereocenters. The van der Waals surface area contributed by atoms with Crippen LogP contribution < -0.4 is 5.32 Å². The fraction of sp³-hybridized carbons (Fsp3) is 0.308. The number of rotatable bonds is 6. The molecule has 184 valence electrons. The van der Waals surface area contributed by atoms with Gasteiger partial charge in [0.1, 0.15) is 12.4 Å². The first-order valence-electron chi connectivity index (χ1n) is 11.5. The highest BCUT2D eigenvalue weighted by atomic mass is 35.5. The van der Waals surface area contributed by atoms with Gasteiger partial charge in [0.2, 0.25) is 5.91 Å². The second kappa shape index (κ2) is 9.28. The Bertz CT molecular complexity index is 1450. The molecule has 0 radical (unpaired) electrons. The Morgan fingerprint density at radius 2 is 2.03 bits per heavy atom. The molecule has 1 aliphatic heterocycles. The quantitative estimate of drug-likeness (QED) is 0.497. The summed E-state index contributed by atoms with van der Waals surface area (Å²) in [5.74, 6) is -0.756. The van der Waals surface area contributed by atoms with Crippen molar-refractivity contribution in [1.82, 2.24) is 14.8 Å². The lowest BCUT2D eigenvalue weighted by molar-refractivity contribution is -0.140. The van der Waals surface area contributed by atoms with Crippen molar-refractivity contribution in [2.75, 3.05) is 0 Å². The molecule has 0 spiro atoms. The minimum absolute atomic E-state index is 0.00313. The van der Waals surface area contributed by atoms with Crippen LogP contribution >= 0.6 is 11.6 Å². The van der Waals surface area contributed by atoms with Gasteiger partial charge in [0.05, 0.1) is 16.7 Å². The molecule has 2 aliphatic rings. The Morgan fingerprint density at radius 3 is 2.78 bits per heavy atom. The number of Topliss-reactive ketones (excluding diaryl/α,β-unsaturated/α-hetero) is 1. The molecule has 1 aromatic heterocycles. The summed E-state index contributed by atoms with van der Waals surface area (Å²) in [6.45, 7) is 1.27. The number of carbonyl (C=O) groups excluding carboxylic acids is 3. The van der Waals surface area contributed by atoms with E-state index in [9.17, 15) is 18.8 Å². The molecular weight excluding hydrogens is 487 g/mol. The third kappa shape index (κ3) is 4.40. The van der Waals surface area contributed by atoms with E-state index in [4.69, 9.17) is 21.6 Å². The van der Waals surface area contributed by atoms with Gasteiger partial charge in [-0.3, -0.25) is 9.59 Å². The lowest BCUT2D eigenvalue weighted by Gasteiger charge is -2.27. The molecule has 1 saturated carbocycles. The van der Waals surface area contributed by atoms with Gasteiger partial charge >= 0.3 is 6.09 Å². The third-order valence-electron chi connectivity index (χ3n) is 6.72. The molecular formula is C26H22ClFN4O4. The number of ketones is 1. The van der Waals surface area contributed by atoms with Crippen LogP contribution in [0.1, 0.15) is 41.3 Å². The predicted octanol–water partition coefficient (Wildman–Crippen LogP) is 4.38. The number of ether oxygens (including phenoxy) is 1. The summed E-state index contributed by atoms with van der Waals surface area (Å²) in [4.78, 5) is 39.5. The number of hydrogen-bond donors (Lipinski definition) is 1. The average Bonchev–Trinajstić information content (AvgIpc) is 3.36. The van der Waals surface area contributed by atoms with Crippen molar-refractivity contribution in [2.45, 2.75) is 45.1 Å². The van der Waals surface area contributed by atoms with E-state index in [0.29, 0.717) is 12.0 Å². The smallest absolute Gasteiger partial charge is 0.409 e. The summed E-state index contributed by atoms with van der Waals surface area (Å²) in [6, 6.07) is 11.8. The van der Waals surface area contributed by atoms with E-state index in [1.165, 1.54) is 19.1 Å². The maximum Gasteiger partial charge on any atom is 0.409 e. The van der Waals surface area contributed by atoms with E-state index in [-0.39, 0.29) is 52.9 Å². The van der Waals surface area contributed by atoms with Crippen LogP contribution in [-0.4, -0.2) is 39.5 Å². The van der Waals surface area contributed by atoms with Crippen molar-refractivity contribution >= 4 is 40.3 Å². The molecule has 1 N–H and O–H groups in total. The second-order valence-corrected chi connectivity index (χ2v) is 9.51. The van der Waals surface area contributed by atoms with Crippen molar-refractivity contribution in [3.8, 4) is 6.07 Å². The van der Waals surface area contributed by atoms with E-state index >= 15 is 0 Å². The highest BCUT2D eigenvalue weighted by molar-refractivity contribution is 6.30. The number of nitriles is 1. The number of nitrogens with zero attached hydrogens (tertiary/aromatic N) is 3. The van der Waals surface area contributed by atoms with E-state index in [2.05, 4.69) is 5.32 Å². The van der Waals surface area contributed by atoms with E-state index in [1.54, 1.807) is 15.7 Å². The van der Waals surface area contributed by atoms with Crippen molar-refractivity contribution in [3.63, 3.8) is 0 Å².